The maximum atomic E-state index is 13.4. The Morgan fingerprint density at radius 3 is 2.93 bits per heavy atom. The number of hydrogen-bond donors (Lipinski definition) is 3. The highest BCUT2D eigenvalue weighted by Crippen LogP contribution is 2.21. The summed E-state index contributed by atoms with van der Waals surface area (Å²) in [5, 5.41) is 14.0. The van der Waals surface area contributed by atoms with Gasteiger partial charge in [-0.1, -0.05) is 17.7 Å². The molecule has 28 heavy (non-hydrogen) atoms. The number of aromatic amines is 1. The molecule has 0 aliphatic heterocycles. The van der Waals surface area contributed by atoms with Crippen LogP contribution in [0.1, 0.15) is 17.3 Å². The predicted octanol–water partition coefficient (Wildman–Crippen LogP) is 3.59. The summed E-state index contributed by atoms with van der Waals surface area (Å²) in [4.78, 5) is 16.7. The van der Waals surface area contributed by atoms with E-state index in [4.69, 9.17) is 16.3 Å². The van der Waals surface area contributed by atoms with E-state index >= 15 is 0 Å². The monoisotopic (exact) mass is 403 g/mol. The molecule has 0 aliphatic carbocycles. The van der Waals surface area contributed by atoms with Crippen LogP contribution in [0.5, 0.6) is 0 Å². The molecular weight excluding hydrogens is 385 g/mol. The molecule has 0 aliphatic rings. The lowest BCUT2D eigenvalue weighted by Crippen LogP contribution is -2.40. The van der Waals surface area contributed by atoms with Crippen LogP contribution < -0.4 is 10.6 Å². The largest absolute Gasteiger partial charge is 0.383 e. The SMILES string of the molecule is COC[C@H](C)N/C(=N/C(=O)c1cccc(Cl)c1)Nc1[nH]nc2cc(F)ccc12. The van der Waals surface area contributed by atoms with Gasteiger partial charge in [-0.3, -0.25) is 9.89 Å². The summed E-state index contributed by atoms with van der Waals surface area (Å²) >= 11 is 5.95. The van der Waals surface area contributed by atoms with Crippen molar-refractivity contribution in [2.75, 3.05) is 19.0 Å². The van der Waals surface area contributed by atoms with Crippen molar-refractivity contribution in [2.45, 2.75) is 13.0 Å². The number of hydrogen-bond acceptors (Lipinski definition) is 3. The van der Waals surface area contributed by atoms with Gasteiger partial charge in [0, 0.05) is 35.2 Å². The maximum absolute atomic E-state index is 13.4. The number of carbonyl (C=O) groups is 1. The van der Waals surface area contributed by atoms with Gasteiger partial charge in [0.1, 0.15) is 11.6 Å². The Morgan fingerprint density at radius 2 is 2.18 bits per heavy atom. The summed E-state index contributed by atoms with van der Waals surface area (Å²) < 4.78 is 18.5. The maximum Gasteiger partial charge on any atom is 0.280 e. The summed E-state index contributed by atoms with van der Waals surface area (Å²) in [6.45, 7) is 2.28. The number of nitrogens with one attached hydrogen (secondary N) is 3. The Hall–Kier alpha value is -2.97. The molecule has 0 saturated heterocycles. The van der Waals surface area contributed by atoms with E-state index in [-0.39, 0.29) is 17.8 Å². The summed E-state index contributed by atoms with van der Waals surface area (Å²) in [5.41, 5.74) is 0.803. The lowest BCUT2D eigenvalue weighted by Gasteiger charge is -2.16. The molecule has 3 rings (SSSR count). The highest BCUT2D eigenvalue weighted by atomic mass is 35.5. The van der Waals surface area contributed by atoms with Crippen molar-refractivity contribution in [1.82, 2.24) is 15.5 Å². The molecule has 0 radical (unpaired) electrons. The van der Waals surface area contributed by atoms with Crippen molar-refractivity contribution in [1.29, 1.82) is 0 Å². The average Bonchev–Trinajstić information content (AvgIpc) is 3.03. The predicted molar refractivity (Wildman–Crippen MR) is 107 cm³/mol. The number of anilines is 1. The molecule has 3 N–H and O–H groups in total. The van der Waals surface area contributed by atoms with Gasteiger partial charge in [0.05, 0.1) is 12.1 Å². The summed E-state index contributed by atoms with van der Waals surface area (Å²) in [5.74, 6) is -0.187. The first-order valence-corrected chi connectivity index (χ1v) is 8.89. The molecule has 146 valence electrons. The van der Waals surface area contributed by atoms with Gasteiger partial charge in [0.25, 0.3) is 5.91 Å². The molecule has 3 aromatic rings. The minimum Gasteiger partial charge on any atom is -0.383 e. The van der Waals surface area contributed by atoms with Crippen LogP contribution in [0, 0.1) is 5.82 Å². The van der Waals surface area contributed by atoms with Crippen LogP contribution >= 0.6 is 11.6 Å². The first-order valence-electron chi connectivity index (χ1n) is 8.51. The molecule has 9 heteroatoms. The Labute approximate surface area is 165 Å². The van der Waals surface area contributed by atoms with Crippen molar-refractivity contribution in [3.05, 3.63) is 58.9 Å². The highest BCUT2D eigenvalue weighted by Gasteiger charge is 2.13. The Morgan fingerprint density at radius 1 is 1.36 bits per heavy atom. The summed E-state index contributed by atoms with van der Waals surface area (Å²) in [6, 6.07) is 10.6. The fourth-order valence-electron chi connectivity index (χ4n) is 2.61. The van der Waals surface area contributed by atoms with Gasteiger partial charge in [0.2, 0.25) is 5.96 Å². The second-order valence-corrected chi connectivity index (χ2v) is 6.60. The molecule has 0 spiro atoms. The van der Waals surface area contributed by atoms with E-state index in [0.717, 1.165) is 0 Å². The number of nitrogens with zero attached hydrogens (tertiary/aromatic N) is 2. The fourth-order valence-corrected chi connectivity index (χ4v) is 2.80. The van der Waals surface area contributed by atoms with Gasteiger partial charge in [-0.25, -0.2) is 4.39 Å². The van der Waals surface area contributed by atoms with E-state index in [9.17, 15) is 9.18 Å². The molecule has 0 fully saturated rings. The summed E-state index contributed by atoms with van der Waals surface area (Å²) in [7, 11) is 1.58. The molecule has 0 bridgehead atoms. The van der Waals surface area contributed by atoms with Crippen molar-refractivity contribution >= 4 is 40.2 Å². The van der Waals surface area contributed by atoms with Crippen molar-refractivity contribution in [3.63, 3.8) is 0 Å². The Balaban J connectivity index is 1.90. The summed E-state index contributed by atoms with van der Waals surface area (Å²) in [6.07, 6.45) is 0. The molecule has 7 nitrogen and oxygen atoms in total. The molecule has 1 heterocycles. The second-order valence-electron chi connectivity index (χ2n) is 6.16. The van der Waals surface area contributed by atoms with Gasteiger partial charge in [-0.15, -0.1) is 0 Å². The van der Waals surface area contributed by atoms with Gasteiger partial charge in [0.15, 0.2) is 0 Å². The molecule has 0 saturated carbocycles. The number of aliphatic imine (C=N–C) groups is 1. The van der Waals surface area contributed by atoms with Crippen LogP contribution in [0.4, 0.5) is 10.2 Å². The third-order valence-electron chi connectivity index (χ3n) is 3.85. The van der Waals surface area contributed by atoms with Crippen molar-refractivity contribution < 1.29 is 13.9 Å². The number of fused-ring (bicyclic) bond motifs is 1. The molecule has 2 aromatic carbocycles. The molecular formula is C19H19ClFN5O2. The van der Waals surface area contributed by atoms with E-state index in [1.54, 1.807) is 31.4 Å². The topological polar surface area (TPSA) is 91.4 Å². The zero-order chi connectivity index (χ0) is 20.1. The minimum atomic E-state index is -0.475. The second kappa shape index (κ2) is 8.81. The van der Waals surface area contributed by atoms with Crippen LogP contribution in [-0.2, 0) is 4.74 Å². The zero-order valence-corrected chi connectivity index (χ0v) is 16.0. The zero-order valence-electron chi connectivity index (χ0n) is 15.3. The standard InChI is InChI=1S/C19H19ClFN5O2/c1-11(10-28-2)22-19(24-18(27)12-4-3-5-13(20)8-12)23-17-15-7-6-14(21)9-16(15)25-26-17/h3-9,11H,10H2,1-2H3,(H3,22,23,24,25,26,27)/t11-/m0/s1. The number of methoxy groups -OCH3 is 1. The molecule has 1 amide bonds. The number of rotatable bonds is 5. The lowest BCUT2D eigenvalue weighted by molar-refractivity contribution is 0.100. The normalized spacial score (nSPS) is 12.8. The van der Waals surface area contributed by atoms with Gasteiger partial charge < -0.3 is 15.4 Å². The number of ether oxygens (including phenoxy) is 1. The number of halogens is 2. The van der Waals surface area contributed by atoms with Gasteiger partial charge >= 0.3 is 0 Å². The molecule has 1 atom stereocenters. The van der Waals surface area contributed by atoms with Gasteiger partial charge in [-0.2, -0.15) is 10.1 Å². The number of guanidine groups is 1. The highest BCUT2D eigenvalue weighted by molar-refractivity contribution is 6.31. The van der Waals surface area contributed by atoms with Crippen LogP contribution in [0.15, 0.2) is 47.5 Å². The minimum absolute atomic E-state index is 0.130. The fraction of sp³-hybridized carbons (Fsp3) is 0.211. The Bertz CT molecular complexity index is 1020. The first kappa shape index (κ1) is 19.8. The third-order valence-corrected chi connectivity index (χ3v) is 4.08. The molecule has 0 unspecified atom stereocenters. The first-order chi connectivity index (χ1) is 13.5. The van der Waals surface area contributed by atoms with Gasteiger partial charge in [-0.05, 0) is 37.3 Å². The van der Waals surface area contributed by atoms with Crippen molar-refractivity contribution in [3.8, 4) is 0 Å². The number of benzene rings is 2. The smallest absolute Gasteiger partial charge is 0.280 e. The van der Waals surface area contributed by atoms with E-state index in [2.05, 4.69) is 25.8 Å². The van der Waals surface area contributed by atoms with E-state index in [0.29, 0.717) is 33.9 Å². The van der Waals surface area contributed by atoms with Crippen molar-refractivity contribution in [2.24, 2.45) is 4.99 Å². The van der Waals surface area contributed by atoms with Crippen LogP contribution in [0.2, 0.25) is 5.02 Å². The number of carbonyl (C=O) groups excluding carboxylic acids is 1. The molecule has 1 aromatic heterocycles. The Kier molecular flexibility index (Phi) is 6.23. The third kappa shape index (κ3) is 4.85. The number of H-pyrrole nitrogens is 1. The van der Waals surface area contributed by atoms with E-state index in [1.165, 1.54) is 18.2 Å². The quantitative estimate of drug-likeness (QED) is 0.447. The number of aromatic nitrogens is 2. The van der Waals surface area contributed by atoms with Crippen LogP contribution in [0.25, 0.3) is 10.9 Å². The average molecular weight is 404 g/mol. The van der Waals surface area contributed by atoms with Crippen LogP contribution in [0.3, 0.4) is 0 Å². The number of amides is 1. The lowest BCUT2D eigenvalue weighted by atomic mass is 10.2. The van der Waals surface area contributed by atoms with E-state index < -0.39 is 5.91 Å². The van der Waals surface area contributed by atoms with Crippen LogP contribution in [-0.4, -0.2) is 41.8 Å². The van der Waals surface area contributed by atoms with E-state index in [1.807, 2.05) is 6.92 Å².